The molecule has 2 rings (SSSR count). The van der Waals surface area contributed by atoms with Gasteiger partial charge >= 0.3 is 5.97 Å². The molecule has 8 nitrogen and oxygen atoms in total. The highest BCUT2D eigenvalue weighted by atomic mass is 32.1. The second-order valence-corrected chi connectivity index (χ2v) is 5.29. The van der Waals surface area contributed by atoms with E-state index in [1.54, 1.807) is 19.9 Å². The Balaban J connectivity index is 2.02. The van der Waals surface area contributed by atoms with Gasteiger partial charge in [0.25, 0.3) is 11.7 Å². The summed E-state index contributed by atoms with van der Waals surface area (Å²) >= 11 is 1.26. The molecule has 0 fully saturated rings. The molecule has 0 saturated carbocycles. The van der Waals surface area contributed by atoms with Crippen LogP contribution in [0, 0.1) is 6.92 Å². The second kappa shape index (κ2) is 6.44. The summed E-state index contributed by atoms with van der Waals surface area (Å²) in [7, 11) is 0. The van der Waals surface area contributed by atoms with Crippen LogP contribution in [0.5, 0.6) is 0 Å². The van der Waals surface area contributed by atoms with Gasteiger partial charge < -0.3 is 10.1 Å². The number of aromatic nitrogens is 4. The topological polar surface area (TPSA) is 110 Å². The van der Waals surface area contributed by atoms with Crippen molar-refractivity contribution in [1.82, 2.24) is 24.9 Å². The Labute approximate surface area is 125 Å². The number of esters is 1. The van der Waals surface area contributed by atoms with E-state index in [2.05, 4.69) is 24.9 Å². The molecule has 1 amide bonds. The first-order valence-electron chi connectivity index (χ1n) is 6.34. The van der Waals surface area contributed by atoms with Crippen LogP contribution in [0.15, 0.2) is 6.07 Å². The fourth-order valence-electron chi connectivity index (χ4n) is 1.57. The van der Waals surface area contributed by atoms with Crippen molar-refractivity contribution < 1.29 is 14.3 Å². The number of carbonyl (C=O) groups is 2. The van der Waals surface area contributed by atoms with E-state index >= 15 is 0 Å². The molecule has 0 bridgehead atoms. The van der Waals surface area contributed by atoms with Crippen molar-refractivity contribution in [2.45, 2.75) is 26.8 Å². The lowest BCUT2D eigenvalue weighted by molar-refractivity contribution is 0.0512. The first kappa shape index (κ1) is 15.1. The van der Waals surface area contributed by atoms with Gasteiger partial charge in [0.1, 0.15) is 11.5 Å². The summed E-state index contributed by atoms with van der Waals surface area (Å²) in [5, 5.41) is 9.11. The molecular weight excluding hydrogens is 294 g/mol. The number of aryl methyl sites for hydroxylation is 1. The van der Waals surface area contributed by atoms with Crippen LogP contribution >= 0.6 is 11.5 Å². The third-order valence-electron chi connectivity index (χ3n) is 2.58. The molecule has 1 atom stereocenters. The van der Waals surface area contributed by atoms with Gasteiger partial charge in [-0.15, -0.1) is 5.10 Å². The van der Waals surface area contributed by atoms with Crippen molar-refractivity contribution in [2.75, 3.05) is 6.61 Å². The second-order valence-electron chi connectivity index (χ2n) is 4.28. The van der Waals surface area contributed by atoms with E-state index in [4.69, 9.17) is 4.74 Å². The maximum absolute atomic E-state index is 12.0. The first-order valence-corrected chi connectivity index (χ1v) is 7.12. The number of hydrogen-bond donors (Lipinski definition) is 2. The number of hydrogen-bond acceptors (Lipinski definition) is 7. The van der Waals surface area contributed by atoms with Gasteiger partial charge in [0.15, 0.2) is 0 Å². The molecule has 0 aliphatic carbocycles. The van der Waals surface area contributed by atoms with Crippen molar-refractivity contribution in [1.29, 1.82) is 0 Å². The molecule has 2 N–H and O–H groups in total. The van der Waals surface area contributed by atoms with Crippen LogP contribution in [-0.2, 0) is 4.74 Å². The molecule has 0 radical (unpaired) electrons. The predicted octanol–water partition coefficient (Wildman–Crippen LogP) is 1.24. The van der Waals surface area contributed by atoms with Crippen molar-refractivity contribution in [2.24, 2.45) is 0 Å². The molecular formula is C12H15N5O3S. The third-order valence-corrected chi connectivity index (χ3v) is 3.27. The SMILES string of the molecule is CCOC(=O)c1n[nH]c(C(C)NC(=O)c2cc(C)sn2)n1. The van der Waals surface area contributed by atoms with Crippen LogP contribution in [0.1, 0.15) is 51.7 Å². The lowest BCUT2D eigenvalue weighted by Crippen LogP contribution is -2.27. The minimum absolute atomic E-state index is 0.0579. The van der Waals surface area contributed by atoms with Crippen LogP contribution < -0.4 is 5.32 Å². The summed E-state index contributed by atoms with van der Waals surface area (Å²) in [6.45, 7) is 5.55. The zero-order valence-corrected chi connectivity index (χ0v) is 12.7. The number of carbonyl (C=O) groups excluding carboxylic acids is 2. The number of H-pyrrole nitrogens is 1. The molecule has 0 saturated heterocycles. The lowest BCUT2D eigenvalue weighted by atomic mass is 10.3. The van der Waals surface area contributed by atoms with Gasteiger partial charge in [-0.2, -0.15) is 4.37 Å². The average Bonchev–Trinajstić information content (AvgIpc) is 3.07. The largest absolute Gasteiger partial charge is 0.460 e. The van der Waals surface area contributed by atoms with Crippen molar-refractivity contribution in [3.63, 3.8) is 0 Å². The van der Waals surface area contributed by atoms with Gasteiger partial charge in [0.2, 0.25) is 0 Å². The van der Waals surface area contributed by atoms with E-state index in [-0.39, 0.29) is 18.3 Å². The molecule has 0 aliphatic rings. The minimum Gasteiger partial charge on any atom is -0.460 e. The molecule has 1 unspecified atom stereocenters. The standard InChI is InChI=1S/C12H15N5O3S/c1-4-20-12(19)10-14-9(15-16-10)7(3)13-11(18)8-5-6(2)21-17-8/h5,7H,4H2,1-3H3,(H,13,18)(H,14,15,16). The van der Waals surface area contributed by atoms with E-state index in [1.807, 2.05) is 6.92 Å². The highest BCUT2D eigenvalue weighted by molar-refractivity contribution is 7.05. The van der Waals surface area contributed by atoms with Gasteiger partial charge in [0, 0.05) is 4.88 Å². The number of nitrogens with one attached hydrogen (secondary N) is 2. The normalized spacial score (nSPS) is 12.0. The Morgan fingerprint density at radius 2 is 2.29 bits per heavy atom. The number of amides is 1. The highest BCUT2D eigenvalue weighted by Gasteiger charge is 2.19. The summed E-state index contributed by atoms with van der Waals surface area (Å²) in [4.78, 5) is 28.4. The zero-order valence-electron chi connectivity index (χ0n) is 11.8. The van der Waals surface area contributed by atoms with Crippen molar-refractivity contribution in [3.05, 3.63) is 28.3 Å². The molecule has 0 aromatic carbocycles. The molecule has 9 heteroatoms. The summed E-state index contributed by atoms with van der Waals surface area (Å²) in [5.41, 5.74) is 0.356. The van der Waals surface area contributed by atoms with Crippen LogP contribution in [0.3, 0.4) is 0 Å². The number of aromatic amines is 1. The van der Waals surface area contributed by atoms with Crippen molar-refractivity contribution in [3.8, 4) is 0 Å². The lowest BCUT2D eigenvalue weighted by Gasteiger charge is -2.09. The summed E-state index contributed by atoms with van der Waals surface area (Å²) in [6, 6.07) is 1.27. The van der Waals surface area contributed by atoms with Gasteiger partial charge in [-0.1, -0.05) is 0 Å². The predicted molar refractivity (Wildman–Crippen MR) is 75.1 cm³/mol. The molecule has 21 heavy (non-hydrogen) atoms. The molecule has 0 aliphatic heterocycles. The Bertz CT molecular complexity index is 651. The summed E-state index contributed by atoms with van der Waals surface area (Å²) < 4.78 is 8.82. The van der Waals surface area contributed by atoms with E-state index in [9.17, 15) is 9.59 Å². The molecule has 2 heterocycles. The van der Waals surface area contributed by atoms with Gasteiger partial charge in [-0.25, -0.2) is 9.78 Å². The first-order chi connectivity index (χ1) is 10.0. The number of nitrogens with zero attached hydrogens (tertiary/aromatic N) is 3. The Morgan fingerprint density at radius 1 is 1.52 bits per heavy atom. The van der Waals surface area contributed by atoms with E-state index < -0.39 is 12.0 Å². The van der Waals surface area contributed by atoms with E-state index in [1.165, 1.54) is 11.5 Å². The third kappa shape index (κ3) is 3.63. The van der Waals surface area contributed by atoms with Gasteiger partial charge in [-0.05, 0) is 38.4 Å². The fourth-order valence-corrected chi connectivity index (χ4v) is 2.11. The molecule has 112 valence electrons. The van der Waals surface area contributed by atoms with Crippen LogP contribution in [0.4, 0.5) is 0 Å². The fraction of sp³-hybridized carbons (Fsp3) is 0.417. The average molecular weight is 309 g/mol. The summed E-state index contributed by atoms with van der Waals surface area (Å²) in [5.74, 6) is -0.592. The van der Waals surface area contributed by atoms with Gasteiger partial charge in [-0.3, -0.25) is 9.89 Å². The van der Waals surface area contributed by atoms with E-state index in [0.717, 1.165) is 4.88 Å². The Kier molecular flexibility index (Phi) is 4.63. The van der Waals surface area contributed by atoms with Crippen LogP contribution in [-0.4, -0.2) is 38.0 Å². The molecule has 2 aromatic heterocycles. The van der Waals surface area contributed by atoms with Crippen LogP contribution in [0.25, 0.3) is 0 Å². The monoisotopic (exact) mass is 309 g/mol. The number of rotatable bonds is 5. The van der Waals surface area contributed by atoms with Crippen molar-refractivity contribution >= 4 is 23.4 Å². The van der Waals surface area contributed by atoms with Crippen LogP contribution in [0.2, 0.25) is 0 Å². The van der Waals surface area contributed by atoms with Gasteiger partial charge in [0.05, 0.1) is 12.6 Å². The Morgan fingerprint density at radius 3 is 2.90 bits per heavy atom. The summed E-state index contributed by atoms with van der Waals surface area (Å²) in [6.07, 6.45) is 0. The Hall–Kier alpha value is -2.29. The minimum atomic E-state index is -0.603. The molecule has 2 aromatic rings. The zero-order chi connectivity index (χ0) is 15.4. The molecule has 0 spiro atoms. The quantitative estimate of drug-likeness (QED) is 0.804. The maximum atomic E-state index is 12.0. The number of ether oxygens (including phenoxy) is 1. The smallest absolute Gasteiger partial charge is 0.378 e. The maximum Gasteiger partial charge on any atom is 0.378 e. The van der Waals surface area contributed by atoms with E-state index in [0.29, 0.717) is 11.5 Å². The highest BCUT2D eigenvalue weighted by Crippen LogP contribution is 2.11.